The zero-order valence-corrected chi connectivity index (χ0v) is 10.6. The molecule has 0 fully saturated rings. The summed E-state index contributed by atoms with van der Waals surface area (Å²) in [6.45, 7) is 1.95. The van der Waals surface area contributed by atoms with E-state index in [0.29, 0.717) is 23.7 Å². The molecule has 0 atom stereocenters. The van der Waals surface area contributed by atoms with Gasteiger partial charge in [0.15, 0.2) is 0 Å². The van der Waals surface area contributed by atoms with Crippen LogP contribution >= 0.6 is 0 Å². The Morgan fingerprint density at radius 1 is 1.37 bits per heavy atom. The fourth-order valence-corrected chi connectivity index (χ4v) is 2.10. The highest BCUT2D eigenvalue weighted by molar-refractivity contribution is 5.93. The van der Waals surface area contributed by atoms with Gasteiger partial charge in [-0.05, 0) is 18.1 Å². The highest BCUT2D eigenvalue weighted by Crippen LogP contribution is 2.26. The number of nitrogens with zero attached hydrogens (tertiary/aromatic N) is 2. The SMILES string of the molecule is CCCC(=O)Cc1ccc([N+](=O)[O-])c2ncccc12. The van der Waals surface area contributed by atoms with Crippen molar-refractivity contribution in [3.05, 3.63) is 46.1 Å². The lowest BCUT2D eigenvalue weighted by Crippen LogP contribution is -2.03. The Kier molecular flexibility index (Phi) is 3.85. The lowest BCUT2D eigenvalue weighted by atomic mass is 10.0. The number of hydrogen-bond donors (Lipinski definition) is 0. The highest BCUT2D eigenvalue weighted by Gasteiger charge is 2.16. The van der Waals surface area contributed by atoms with Crippen LogP contribution in [0.5, 0.6) is 0 Å². The maximum absolute atomic E-state index is 11.7. The number of hydrogen-bond acceptors (Lipinski definition) is 4. The molecule has 0 bridgehead atoms. The maximum atomic E-state index is 11.7. The summed E-state index contributed by atoms with van der Waals surface area (Å²) >= 11 is 0. The summed E-state index contributed by atoms with van der Waals surface area (Å²) < 4.78 is 0. The number of carbonyl (C=O) groups excluding carboxylic acids is 1. The van der Waals surface area contributed by atoms with Gasteiger partial charge in [0.25, 0.3) is 5.69 Å². The molecule has 1 heterocycles. The monoisotopic (exact) mass is 258 g/mol. The number of pyridine rings is 1. The van der Waals surface area contributed by atoms with Gasteiger partial charge >= 0.3 is 0 Å². The molecule has 19 heavy (non-hydrogen) atoms. The van der Waals surface area contributed by atoms with Gasteiger partial charge in [0, 0.05) is 30.5 Å². The Balaban J connectivity index is 2.49. The molecule has 0 aliphatic heterocycles. The number of non-ortho nitro benzene ring substituents is 1. The zero-order chi connectivity index (χ0) is 13.8. The summed E-state index contributed by atoms with van der Waals surface area (Å²) in [5.41, 5.74) is 1.11. The second-order valence-electron chi connectivity index (χ2n) is 4.37. The predicted molar refractivity (Wildman–Crippen MR) is 72.0 cm³/mol. The van der Waals surface area contributed by atoms with E-state index in [1.165, 1.54) is 12.3 Å². The van der Waals surface area contributed by atoms with Gasteiger partial charge in [-0.25, -0.2) is 4.98 Å². The number of aromatic nitrogens is 1. The van der Waals surface area contributed by atoms with Crippen LogP contribution in [0, 0.1) is 10.1 Å². The van der Waals surface area contributed by atoms with Crippen LogP contribution in [0.1, 0.15) is 25.3 Å². The van der Waals surface area contributed by atoms with Gasteiger partial charge in [-0.15, -0.1) is 0 Å². The van der Waals surface area contributed by atoms with Crippen molar-refractivity contribution in [3.63, 3.8) is 0 Å². The minimum absolute atomic E-state index is 0.0257. The number of ketones is 1. The number of Topliss-reactive ketones (excluding diaryl/α,β-unsaturated/α-hetero) is 1. The van der Waals surface area contributed by atoms with E-state index in [2.05, 4.69) is 4.98 Å². The Morgan fingerprint density at radius 2 is 2.16 bits per heavy atom. The van der Waals surface area contributed by atoms with E-state index >= 15 is 0 Å². The molecule has 5 nitrogen and oxygen atoms in total. The number of nitro groups is 1. The van der Waals surface area contributed by atoms with Crippen LogP contribution in [0.15, 0.2) is 30.5 Å². The average molecular weight is 258 g/mol. The van der Waals surface area contributed by atoms with Gasteiger partial charge in [-0.2, -0.15) is 0 Å². The zero-order valence-electron chi connectivity index (χ0n) is 10.6. The summed E-state index contributed by atoms with van der Waals surface area (Å²) in [5.74, 6) is 0.140. The van der Waals surface area contributed by atoms with Gasteiger partial charge in [0.05, 0.1) is 4.92 Å². The Bertz CT molecular complexity index is 638. The molecular formula is C14H14N2O3. The smallest absolute Gasteiger partial charge is 0.295 e. The molecule has 0 aliphatic rings. The van der Waals surface area contributed by atoms with E-state index in [0.717, 1.165) is 12.0 Å². The van der Waals surface area contributed by atoms with Crippen LogP contribution in [0.2, 0.25) is 0 Å². The van der Waals surface area contributed by atoms with Crippen molar-refractivity contribution in [1.82, 2.24) is 4.98 Å². The second kappa shape index (κ2) is 5.56. The van der Waals surface area contributed by atoms with Crippen LogP contribution in [0.3, 0.4) is 0 Å². The van der Waals surface area contributed by atoms with Crippen molar-refractivity contribution in [2.24, 2.45) is 0 Å². The van der Waals surface area contributed by atoms with Gasteiger partial charge in [-0.3, -0.25) is 14.9 Å². The van der Waals surface area contributed by atoms with Crippen molar-refractivity contribution in [2.45, 2.75) is 26.2 Å². The molecule has 0 saturated carbocycles. The summed E-state index contributed by atoms with van der Waals surface area (Å²) in [4.78, 5) is 26.3. The summed E-state index contributed by atoms with van der Waals surface area (Å²) in [5, 5.41) is 11.6. The summed E-state index contributed by atoms with van der Waals surface area (Å²) in [7, 11) is 0. The Hall–Kier alpha value is -2.30. The average Bonchev–Trinajstić information content (AvgIpc) is 2.39. The summed E-state index contributed by atoms with van der Waals surface area (Å²) in [6.07, 6.45) is 3.15. The molecule has 2 rings (SSSR count). The van der Waals surface area contributed by atoms with Crippen molar-refractivity contribution in [1.29, 1.82) is 0 Å². The lowest BCUT2D eigenvalue weighted by molar-refractivity contribution is -0.383. The van der Waals surface area contributed by atoms with E-state index < -0.39 is 4.92 Å². The van der Waals surface area contributed by atoms with Crippen LogP contribution in [-0.4, -0.2) is 15.7 Å². The molecule has 5 heteroatoms. The van der Waals surface area contributed by atoms with E-state index in [4.69, 9.17) is 0 Å². The second-order valence-corrected chi connectivity index (χ2v) is 4.37. The molecule has 1 aromatic heterocycles. The third-order valence-electron chi connectivity index (χ3n) is 2.95. The lowest BCUT2D eigenvalue weighted by Gasteiger charge is -2.05. The largest absolute Gasteiger partial charge is 0.299 e. The molecule has 0 unspecified atom stereocenters. The molecule has 2 aromatic rings. The first-order valence-electron chi connectivity index (χ1n) is 6.16. The fourth-order valence-electron chi connectivity index (χ4n) is 2.10. The maximum Gasteiger partial charge on any atom is 0.295 e. The summed E-state index contributed by atoms with van der Waals surface area (Å²) in [6, 6.07) is 6.56. The molecule has 98 valence electrons. The number of carbonyl (C=O) groups is 1. The molecule has 0 spiro atoms. The fraction of sp³-hybridized carbons (Fsp3) is 0.286. The molecule has 0 N–H and O–H groups in total. The molecular weight excluding hydrogens is 244 g/mol. The number of nitro benzene ring substituents is 1. The van der Waals surface area contributed by atoms with Crippen LogP contribution in [-0.2, 0) is 11.2 Å². The quantitative estimate of drug-likeness (QED) is 0.610. The van der Waals surface area contributed by atoms with Crippen molar-refractivity contribution >= 4 is 22.4 Å². The minimum Gasteiger partial charge on any atom is -0.299 e. The van der Waals surface area contributed by atoms with Gasteiger partial charge < -0.3 is 0 Å². The molecule has 1 aromatic carbocycles. The Labute approximate surface area is 110 Å². The van der Waals surface area contributed by atoms with Crippen LogP contribution in [0.4, 0.5) is 5.69 Å². The van der Waals surface area contributed by atoms with E-state index in [1.807, 2.05) is 6.92 Å². The topological polar surface area (TPSA) is 73.1 Å². The third-order valence-corrected chi connectivity index (χ3v) is 2.95. The number of rotatable bonds is 5. The Morgan fingerprint density at radius 3 is 2.84 bits per heavy atom. The van der Waals surface area contributed by atoms with E-state index in [1.54, 1.807) is 18.2 Å². The van der Waals surface area contributed by atoms with E-state index in [-0.39, 0.29) is 11.5 Å². The van der Waals surface area contributed by atoms with Gasteiger partial charge in [0.1, 0.15) is 11.3 Å². The number of fused-ring (bicyclic) bond motifs is 1. The number of benzene rings is 1. The van der Waals surface area contributed by atoms with Crippen molar-refractivity contribution in [3.8, 4) is 0 Å². The molecule has 0 radical (unpaired) electrons. The standard InChI is InChI=1S/C14H14N2O3/c1-2-4-11(17)9-10-6-7-13(16(18)19)14-12(10)5-3-8-15-14/h3,5-8H,2,4,9H2,1H3. The van der Waals surface area contributed by atoms with Gasteiger partial charge in [0.2, 0.25) is 0 Å². The van der Waals surface area contributed by atoms with Crippen molar-refractivity contribution < 1.29 is 9.72 Å². The molecule has 0 aliphatic carbocycles. The molecule has 0 saturated heterocycles. The van der Waals surface area contributed by atoms with Crippen LogP contribution in [0.25, 0.3) is 10.9 Å². The van der Waals surface area contributed by atoms with Gasteiger partial charge in [-0.1, -0.05) is 19.1 Å². The van der Waals surface area contributed by atoms with Crippen molar-refractivity contribution in [2.75, 3.05) is 0 Å². The highest BCUT2D eigenvalue weighted by atomic mass is 16.6. The van der Waals surface area contributed by atoms with E-state index in [9.17, 15) is 14.9 Å². The first-order valence-corrected chi connectivity index (χ1v) is 6.16. The molecule has 0 amide bonds. The minimum atomic E-state index is -0.451. The van der Waals surface area contributed by atoms with Crippen LogP contribution < -0.4 is 0 Å². The first kappa shape index (κ1) is 13.1. The third kappa shape index (κ3) is 2.76. The predicted octanol–water partition coefficient (Wildman–Crippen LogP) is 3.05. The normalized spacial score (nSPS) is 10.6. The first-order chi connectivity index (χ1) is 9.13.